The van der Waals surface area contributed by atoms with Gasteiger partial charge in [-0.25, -0.2) is 0 Å². The van der Waals surface area contributed by atoms with Gasteiger partial charge in [-0.2, -0.15) is 5.10 Å². The molecule has 4 aromatic rings. The summed E-state index contributed by atoms with van der Waals surface area (Å²) in [5.41, 5.74) is 5.58. The van der Waals surface area contributed by atoms with Crippen LogP contribution in [0.15, 0.2) is 77.8 Å². The Kier molecular flexibility index (Phi) is 8.07. The number of ether oxygens (including phenoxy) is 1. The number of ketones is 1. The summed E-state index contributed by atoms with van der Waals surface area (Å²) in [5.74, 6) is -1.27. The summed E-state index contributed by atoms with van der Waals surface area (Å²) in [6.07, 6.45) is 1.63. The van der Waals surface area contributed by atoms with Crippen LogP contribution in [0.3, 0.4) is 0 Å². The molecule has 6 rings (SSSR count). The molecule has 10 heteroatoms. The molecule has 3 heterocycles. The van der Waals surface area contributed by atoms with Gasteiger partial charge in [0.1, 0.15) is 11.6 Å². The van der Waals surface area contributed by atoms with Crippen LogP contribution in [0, 0.1) is 6.92 Å². The molecule has 3 aromatic carbocycles. The van der Waals surface area contributed by atoms with E-state index in [2.05, 4.69) is 25.6 Å². The van der Waals surface area contributed by atoms with Gasteiger partial charge in [0, 0.05) is 47.5 Å². The molecule has 230 valence electrons. The number of anilines is 3. The largest absolute Gasteiger partial charge is 0.378 e. The predicted molar refractivity (Wildman–Crippen MR) is 175 cm³/mol. The second kappa shape index (κ2) is 12.1. The molecule has 0 radical (unpaired) electrons. The molecule has 1 aromatic heterocycles. The van der Waals surface area contributed by atoms with Gasteiger partial charge in [0.05, 0.1) is 30.1 Å². The van der Waals surface area contributed by atoms with E-state index in [9.17, 15) is 14.4 Å². The number of morpholine rings is 1. The Hall–Kier alpha value is -5.09. The molecule has 1 fully saturated rings. The second-order valence-electron chi connectivity index (χ2n) is 12.3. The molecule has 0 saturated carbocycles. The van der Waals surface area contributed by atoms with Crippen LogP contribution in [0.1, 0.15) is 64.4 Å². The number of nitrogens with one attached hydrogen (secondary N) is 2. The normalized spacial score (nSPS) is 16.5. The molecule has 2 N–H and O–H groups in total. The van der Waals surface area contributed by atoms with Crippen LogP contribution in [0.2, 0.25) is 0 Å². The van der Waals surface area contributed by atoms with Crippen molar-refractivity contribution in [1.29, 1.82) is 0 Å². The summed E-state index contributed by atoms with van der Waals surface area (Å²) in [6.45, 7) is 11.0. The predicted octanol–water partition coefficient (Wildman–Crippen LogP) is 5.70. The minimum absolute atomic E-state index is 0.189. The van der Waals surface area contributed by atoms with Crippen molar-refractivity contribution in [3.05, 3.63) is 101 Å². The number of nitrogens with zero attached hydrogens (tertiary/aromatic N) is 4. The third-order valence-electron chi connectivity index (χ3n) is 7.89. The van der Waals surface area contributed by atoms with Gasteiger partial charge in [0.15, 0.2) is 5.78 Å². The van der Waals surface area contributed by atoms with Crippen molar-refractivity contribution < 1.29 is 19.1 Å². The lowest BCUT2D eigenvalue weighted by Crippen LogP contribution is -2.36. The maximum Gasteiger partial charge on any atom is 0.273 e. The highest BCUT2D eigenvalue weighted by molar-refractivity contribution is 6.15. The van der Waals surface area contributed by atoms with E-state index >= 15 is 0 Å². The summed E-state index contributed by atoms with van der Waals surface area (Å²) < 4.78 is 7.14. The third-order valence-corrected chi connectivity index (χ3v) is 7.89. The fraction of sp³-hybridized carbons (Fsp3) is 0.286. The molecule has 2 aliphatic rings. The fourth-order valence-electron chi connectivity index (χ4n) is 5.55. The van der Waals surface area contributed by atoms with E-state index in [1.807, 2.05) is 52.0 Å². The zero-order chi connectivity index (χ0) is 31.7. The number of carbonyl (C=O) groups excluding carboxylic acids is 3. The number of amides is 2. The number of hydrogen-bond acceptors (Lipinski definition) is 7. The Bertz CT molecular complexity index is 1780. The quantitative estimate of drug-likeness (QED) is 0.206. The molecule has 2 aliphatic heterocycles. The van der Waals surface area contributed by atoms with Crippen LogP contribution in [0.25, 0.3) is 0 Å². The fourth-order valence-corrected chi connectivity index (χ4v) is 5.55. The lowest BCUT2D eigenvalue weighted by Gasteiger charge is -2.28. The van der Waals surface area contributed by atoms with Crippen molar-refractivity contribution in [1.82, 2.24) is 9.78 Å². The van der Waals surface area contributed by atoms with Gasteiger partial charge in [-0.15, -0.1) is 0 Å². The first kappa shape index (κ1) is 30.0. The highest BCUT2D eigenvalue weighted by atomic mass is 16.5. The van der Waals surface area contributed by atoms with Crippen LogP contribution in [-0.4, -0.2) is 59.9 Å². The molecule has 1 atom stereocenters. The van der Waals surface area contributed by atoms with Crippen molar-refractivity contribution >= 4 is 46.6 Å². The van der Waals surface area contributed by atoms with Gasteiger partial charge in [-0.05, 0) is 106 Å². The summed E-state index contributed by atoms with van der Waals surface area (Å²) in [7, 11) is 0. The van der Waals surface area contributed by atoms with Gasteiger partial charge >= 0.3 is 0 Å². The van der Waals surface area contributed by atoms with E-state index in [-0.39, 0.29) is 23.1 Å². The van der Waals surface area contributed by atoms with Crippen molar-refractivity contribution in [3.63, 3.8) is 0 Å². The zero-order valence-electron chi connectivity index (χ0n) is 25.8. The van der Waals surface area contributed by atoms with Crippen LogP contribution in [0.4, 0.5) is 22.7 Å². The van der Waals surface area contributed by atoms with E-state index in [1.54, 1.807) is 59.4 Å². The number of carbonyl (C=O) groups is 3. The SMILES string of the molecule is Cc1cc(C(=O)Nc2ccc(C(=O)c3ccc4c(c3)C(C=Nc3ccc(N5CCOCC5)cc3)C(=O)N4)cc2)n(C(C)(C)C)n1. The molecule has 45 heavy (non-hydrogen) atoms. The number of benzene rings is 3. The third kappa shape index (κ3) is 6.41. The molecular formula is C35H36N6O4. The number of aromatic nitrogens is 2. The topological polar surface area (TPSA) is 118 Å². The van der Waals surface area contributed by atoms with E-state index < -0.39 is 5.92 Å². The Morgan fingerprint density at radius 1 is 0.978 bits per heavy atom. The molecule has 0 bridgehead atoms. The Morgan fingerprint density at radius 3 is 2.36 bits per heavy atom. The average molecular weight is 605 g/mol. The monoisotopic (exact) mass is 604 g/mol. The Morgan fingerprint density at radius 2 is 1.67 bits per heavy atom. The van der Waals surface area contributed by atoms with Crippen LogP contribution in [-0.2, 0) is 15.1 Å². The van der Waals surface area contributed by atoms with Crippen LogP contribution >= 0.6 is 0 Å². The molecule has 0 aliphatic carbocycles. The number of fused-ring (bicyclic) bond motifs is 1. The second-order valence-corrected chi connectivity index (χ2v) is 12.3. The van der Waals surface area contributed by atoms with E-state index in [0.29, 0.717) is 33.8 Å². The highest BCUT2D eigenvalue weighted by Gasteiger charge is 2.30. The first-order valence-electron chi connectivity index (χ1n) is 15.0. The van der Waals surface area contributed by atoms with E-state index in [0.717, 1.165) is 43.4 Å². The smallest absolute Gasteiger partial charge is 0.273 e. The first-order chi connectivity index (χ1) is 21.6. The van der Waals surface area contributed by atoms with Gasteiger partial charge in [-0.1, -0.05) is 0 Å². The molecule has 0 spiro atoms. The Balaban J connectivity index is 1.14. The van der Waals surface area contributed by atoms with Gasteiger partial charge in [-0.3, -0.25) is 24.1 Å². The maximum absolute atomic E-state index is 13.4. The molecule has 10 nitrogen and oxygen atoms in total. The molecule has 1 unspecified atom stereocenters. The maximum atomic E-state index is 13.4. The van der Waals surface area contributed by atoms with Crippen LogP contribution in [0.5, 0.6) is 0 Å². The molecular weight excluding hydrogens is 568 g/mol. The summed E-state index contributed by atoms with van der Waals surface area (Å²) in [5, 5.41) is 10.3. The number of aryl methyl sites for hydroxylation is 1. The summed E-state index contributed by atoms with van der Waals surface area (Å²) >= 11 is 0. The van der Waals surface area contributed by atoms with Crippen molar-refractivity contribution in [2.75, 3.05) is 41.8 Å². The minimum Gasteiger partial charge on any atom is -0.378 e. The lowest BCUT2D eigenvalue weighted by molar-refractivity contribution is -0.115. The van der Waals surface area contributed by atoms with Gasteiger partial charge < -0.3 is 20.3 Å². The van der Waals surface area contributed by atoms with E-state index in [4.69, 9.17) is 4.74 Å². The molecule has 2 amide bonds. The van der Waals surface area contributed by atoms with Crippen LogP contribution < -0.4 is 15.5 Å². The van der Waals surface area contributed by atoms with Crippen molar-refractivity contribution in [2.24, 2.45) is 4.99 Å². The summed E-state index contributed by atoms with van der Waals surface area (Å²) in [6, 6.07) is 21.6. The number of hydrogen-bond donors (Lipinski definition) is 2. The van der Waals surface area contributed by atoms with Crippen molar-refractivity contribution in [3.8, 4) is 0 Å². The summed E-state index contributed by atoms with van der Waals surface area (Å²) in [4.78, 5) is 46.1. The number of aliphatic imine (C=N–C) groups is 1. The van der Waals surface area contributed by atoms with E-state index in [1.165, 1.54) is 0 Å². The lowest BCUT2D eigenvalue weighted by atomic mass is 9.96. The first-order valence-corrected chi connectivity index (χ1v) is 15.0. The van der Waals surface area contributed by atoms with Gasteiger partial charge in [0.25, 0.3) is 5.91 Å². The Labute approximate surface area is 262 Å². The highest BCUT2D eigenvalue weighted by Crippen LogP contribution is 2.33. The standard InChI is InChI=1S/C35H36N6O4/c1-22-19-31(41(39-22)35(2,3)4)34(44)37-26-8-5-23(6-9-26)32(42)24-7-14-30-28(20-24)29(33(43)38-30)21-36-25-10-12-27(13-11-25)40-15-17-45-18-16-40/h5-14,19-21,29H,15-18H2,1-4H3,(H,37,44)(H,38,43). The van der Waals surface area contributed by atoms with Gasteiger partial charge in [0.2, 0.25) is 5.91 Å². The average Bonchev–Trinajstić information content (AvgIpc) is 3.59. The minimum atomic E-state index is -0.616. The number of rotatable bonds is 7. The van der Waals surface area contributed by atoms with Crippen molar-refractivity contribution in [2.45, 2.75) is 39.2 Å². The zero-order valence-corrected chi connectivity index (χ0v) is 25.8. The molecule has 1 saturated heterocycles.